The minimum atomic E-state index is -0.659. The summed E-state index contributed by atoms with van der Waals surface area (Å²) < 4.78 is 0. The molecule has 21 heavy (non-hydrogen) atoms. The Bertz CT molecular complexity index is 498. The number of rotatable bonds is 7. The Morgan fingerprint density at radius 3 is 2.48 bits per heavy atom. The standard InChI is InChI=1S/C16H23N3O2/c1-2-6-13(19-15(17)21)14(20)18-11-16(9-10-16)12-7-4-3-5-8-12/h3-5,7-8,13H,2,6,9-11H2,1H3,(H,18,20)(H3,17,19,21). The zero-order valence-electron chi connectivity index (χ0n) is 12.4. The largest absolute Gasteiger partial charge is 0.353 e. The second-order valence-electron chi connectivity index (χ2n) is 5.71. The number of amides is 3. The van der Waals surface area contributed by atoms with Gasteiger partial charge < -0.3 is 16.4 Å². The minimum Gasteiger partial charge on any atom is -0.353 e. The summed E-state index contributed by atoms with van der Waals surface area (Å²) in [7, 11) is 0. The monoisotopic (exact) mass is 289 g/mol. The molecule has 5 nitrogen and oxygen atoms in total. The van der Waals surface area contributed by atoms with E-state index in [2.05, 4.69) is 22.8 Å². The van der Waals surface area contributed by atoms with Crippen LogP contribution in [0, 0.1) is 0 Å². The minimum absolute atomic E-state index is 0.0698. The lowest BCUT2D eigenvalue weighted by Gasteiger charge is -2.20. The van der Waals surface area contributed by atoms with Crippen molar-refractivity contribution in [2.24, 2.45) is 5.73 Å². The van der Waals surface area contributed by atoms with Gasteiger partial charge in [0, 0.05) is 12.0 Å². The first kappa shape index (κ1) is 15.4. The molecule has 114 valence electrons. The summed E-state index contributed by atoms with van der Waals surface area (Å²) in [6.45, 7) is 2.58. The molecule has 0 aromatic heterocycles. The predicted molar refractivity (Wildman–Crippen MR) is 81.8 cm³/mol. The van der Waals surface area contributed by atoms with Crippen molar-refractivity contribution in [3.8, 4) is 0 Å². The van der Waals surface area contributed by atoms with Crippen LogP contribution in [0.25, 0.3) is 0 Å². The van der Waals surface area contributed by atoms with Crippen molar-refractivity contribution in [1.82, 2.24) is 10.6 Å². The van der Waals surface area contributed by atoms with Gasteiger partial charge in [0.1, 0.15) is 6.04 Å². The van der Waals surface area contributed by atoms with E-state index in [0.717, 1.165) is 19.3 Å². The molecule has 1 atom stereocenters. The van der Waals surface area contributed by atoms with E-state index in [0.29, 0.717) is 13.0 Å². The first-order valence-electron chi connectivity index (χ1n) is 7.46. The van der Waals surface area contributed by atoms with Gasteiger partial charge in [-0.25, -0.2) is 4.79 Å². The van der Waals surface area contributed by atoms with E-state index in [9.17, 15) is 9.59 Å². The van der Waals surface area contributed by atoms with Gasteiger partial charge in [0.25, 0.3) is 0 Å². The van der Waals surface area contributed by atoms with Crippen molar-refractivity contribution in [3.05, 3.63) is 35.9 Å². The lowest BCUT2D eigenvalue weighted by molar-refractivity contribution is -0.123. The highest BCUT2D eigenvalue weighted by Gasteiger charge is 2.44. The molecule has 5 heteroatoms. The van der Waals surface area contributed by atoms with Crippen molar-refractivity contribution < 1.29 is 9.59 Å². The number of nitrogens with two attached hydrogens (primary N) is 1. The molecule has 4 N–H and O–H groups in total. The summed E-state index contributed by atoms with van der Waals surface area (Å²) >= 11 is 0. The number of urea groups is 1. The number of benzene rings is 1. The fraction of sp³-hybridized carbons (Fsp3) is 0.500. The maximum atomic E-state index is 12.2. The molecule has 1 aliphatic carbocycles. The molecule has 0 aliphatic heterocycles. The Morgan fingerprint density at radius 1 is 1.29 bits per heavy atom. The Kier molecular flexibility index (Phi) is 4.83. The van der Waals surface area contributed by atoms with Crippen molar-refractivity contribution in [2.75, 3.05) is 6.54 Å². The summed E-state index contributed by atoms with van der Waals surface area (Å²) in [5.74, 6) is -0.155. The average molecular weight is 289 g/mol. The van der Waals surface area contributed by atoms with Crippen LogP contribution in [0.5, 0.6) is 0 Å². The molecule has 3 amide bonds. The Hall–Kier alpha value is -2.04. The van der Waals surface area contributed by atoms with Crippen molar-refractivity contribution in [3.63, 3.8) is 0 Å². The molecule has 1 aliphatic rings. The molecule has 1 aromatic carbocycles. The molecule has 1 unspecified atom stereocenters. The van der Waals surface area contributed by atoms with Crippen LogP contribution in [0.3, 0.4) is 0 Å². The van der Waals surface area contributed by atoms with Crippen LogP contribution in [0.2, 0.25) is 0 Å². The second-order valence-corrected chi connectivity index (χ2v) is 5.71. The third kappa shape index (κ3) is 3.97. The van der Waals surface area contributed by atoms with Crippen molar-refractivity contribution in [2.45, 2.75) is 44.1 Å². The van der Waals surface area contributed by atoms with Crippen LogP contribution in [0.1, 0.15) is 38.2 Å². The number of primary amides is 1. The molecule has 1 fully saturated rings. The third-order valence-electron chi connectivity index (χ3n) is 4.05. The van der Waals surface area contributed by atoms with E-state index in [1.54, 1.807) is 0 Å². The first-order chi connectivity index (χ1) is 10.1. The molecule has 0 radical (unpaired) electrons. The third-order valence-corrected chi connectivity index (χ3v) is 4.05. The Balaban J connectivity index is 1.92. The molecule has 0 spiro atoms. The van der Waals surface area contributed by atoms with Crippen LogP contribution >= 0.6 is 0 Å². The number of hydrogen-bond acceptors (Lipinski definition) is 2. The van der Waals surface area contributed by atoms with E-state index in [-0.39, 0.29) is 11.3 Å². The molecular weight excluding hydrogens is 266 g/mol. The molecule has 0 saturated heterocycles. The van der Waals surface area contributed by atoms with E-state index >= 15 is 0 Å². The number of carbonyl (C=O) groups excluding carboxylic acids is 2. The lowest BCUT2D eigenvalue weighted by atomic mass is 9.96. The van der Waals surface area contributed by atoms with E-state index in [1.807, 2.05) is 25.1 Å². The van der Waals surface area contributed by atoms with Crippen LogP contribution in [-0.4, -0.2) is 24.5 Å². The average Bonchev–Trinajstić information content (AvgIpc) is 3.26. The van der Waals surface area contributed by atoms with Crippen LogP contribution in [0.15, 0.2) is 30.3 Å². The highest BCUT2D eigenvalue weighted by Crippen LogP contribution is 2.47. The maximum Gasteiger partial charge on any atom is 0.312 e. The van der Waals surface area contributed by atoms with Crippen molar-refractivity contribution >= 4 is 11.9 Å². The van der Waals surface area contributed by atoms with Gasteiger partial charge in [-0.05, 0) is 24.8 Å². The highest BCUT2D eigenvalue weighted by atomic mass is 16.2. The number of nitrogens with one attached hydrogen (secondary N) is 2. The quantitative estimate of drug-likeness (QED) is 0.713. The van der Waals surface area contributed by atoms with Crippen LogP contribution < -0.4 is 16.4 Å². The van der Waals surface area contributed by atoms with E-state index in [4.69, 9.17) is 5.73 Å². The van der Waals surface area contributed by atoms with Gasteiger partial charge >= 0.3 is 6.03 Å². The number of hydrogen-bond donors (Lipinski definition) is 3. The fourth-order valence-electron chi connectivity index (χ4n) is 2.62. The summed E-state index contributed by atoms with van der Waals surface area (Å²) in [5, 5.41) is 5.47. The number of carbonyl (C=O) groups is 2. The van der Waals surface area contributed by atoms with Crippen LogP contribution in [0.4, 0.5) is 4.79 Å². The predicted octanol–water partition coefficient (Wildman–Crippen LogP) is 1.67. The topological polar surface area (TPSA) is 84.2 Å². The van der Waals surface area contributed by atoms with Crippen molar-refractivity contribution in [1.29, 1.82) is 0 Å². The Labute approximate surface area is 125 Å². The van der Waals surface area contributed by atoms with Gasteiger partial charge in [-0.1, -0.05) is 43.7 Å². The molecule has 1 saturated carbocycles. The molecule has 1 aromatic rings. The smallest absolute Gasteiger partial charge is 0.312 e. The van der Waals surface area contributed by atoms with E-state index < -0.39 is 12.1 Å². The first-order valence-corrected chi connectivity index (χ1v) is 7.46. The normalized spacial score (nSPS) is 16.8. The summed E-state index contributed by atoms with van der Waals surface area (Å²) in [6, 6.07) is 9.03. The SMILES string of the molecule is CCCC(NC(N)=O)C(=O)NCC1(c2ccccc2)CC1. The van der Waals surface area contributed by atoms with Gasteiger partial charge in [0.15, 0.2) is 0 Å². The summed E-state index contributed by atoms with van der Waals surface area (Å²) in [6.07, 6.45) is 3.56. The maximum absolute atomic E-state index is 12.2. The van der Waals surface area contributed by atoms with E-state index in [1.165, 1.54) is 5.56 Å². The van der Waals surface area contributed by atoms with Gasteiger partial charge in [-0.15, -0.1) is 0 Å². The zero-order chi connectivity index (χ0) is 15.3. The van der Waals surface area contributed by atoms with Gasteiger partial charge in [-0.2, -0.15) is 0 Å². The van der Waals surface area contributed by atoms with Gasteiger partial charge in [0.05, 0.1) is 0 Å². The zero-order valence-corrected chi connectivity index (χ0v) is 12.4. The lowest BCUT2D eigenvalue weighted by Crippen LogP contribution is -2.49. The Morgan fingerprint density at radius 2 is 1.95 bits per heavy atom. The van der Waals surface area contributed by atoms with Crippen LogP contribution in [-0.2, 0) is 10.2 Å². The molecule has 0 bridgehead atoms. The second kappa shape index (κ2) is 6.61. The summed E-state index contributed by atoms with van der Waals surface area (Å²) in [5.41, 5.74) is 6.45. The molecule has 0 heterocycles. The molecule has 2 rings (SSSR count). The fourth-order valence-corrected chi connectivity index (χ4v) is 2.62. The summed E-state index contributed by atoms with van der Waals surface area (Å²) in [4.78, 5) is 23.1. The molecular formula is C16H23N3O2. The van der Waals surface area contributed by atoms with Gasteiger partial charge in [0.2, 0.25) is 5.91 Å². The van der Waals surface area contributed by atoms with Gasteiger partial charge in [-0.3, -0.25) is 4.79 Å². The highest BCUT2D eigenvalue weighted by molar-refractivity contribution is 5.86.